The van der Waals surface area contributed by atoms with Crippen LogP contribution in [0.15, 0.2) is 35.7 Å². The van der Waals surface area contributed by atoms with Gasteiger partial charge in [-0.3, -0.25) is 9.59 Å². The molecule has 0 aliphatic rings. The fourth-order valence-corrected chi connectivity index (χ4v) is 2.77. The van der Waals surface area contributed by atoms with Crippen molar-refractivity contribution in [3.05, 3.63) is 46.2 Å². The van der Waals surface area contributed by atoms with Crippen LogP contribution in [0.2, 0.25) is 0 Å². The maximum absolute atomic E-state index is 12.4. The maximum Gasteiger partial charge on any atom is 0.265 e. The van der Waals surface area contributed by atoms with E-state index >= 15 is 0 Å². The van der Waals surface area contributed by atoms with Crippen LogP contribution in [0.25, 0.3) is 0 Å². The molecule has 2 rings (SSSR count). The predicted molar refractivity (Wildman–Crippen MR) is 97.3 cm³/mol. The Balaban J connectivity index is 2.20. The molecule has 1 heterocycles. The number of methoxy groups -OCH3 is 1. The lowest BCUT2D eigenvalue weighted by Gasteiger charge is -2.18. The van der Waals surface area contributed by atoms with E-state index in [0.29, 0.717) is 29.3 Å². The summed E-state index contributed by atoms with van der Waals surface area (Å²) in [6, 6.07) is 8.86. The molecule has 0 saturated heterocycles. The number of benzene rings is 1. The molecule has 1 aromatic carbocycles. The second-order valence-electron chi connectivity index (χ2n) is 5.31. The van der Waals surface area contributed by atoms with Gasteiger partial charge in [-0.25, -0.2) is 0 Å². The topological polar surface area (TPSA) is 70.7 Å². The molecule has 0 spiro atoms. The minimum atomic E-state index is -0.206. The average Bonchev–Trinajstić information content (AvgIpc) is 3.09. The fourth-order valence-electron chi connectivity index (χ4n) is 2.15. The Labute approximate surface area is 145 Å². The van der Waals surface area contributed by atoms with Gasteiger partial charge in [-0.2, -0.15) is 0 Å². The molecule has 0 radical (unpaired) electrons. The number of thiophene rings is 1. The lowest BCUT2D eigenvalue weighted by Crippen LogP contribution is -2.28. The average molecular weight is 347 g/mol. The van der Waals surface area contributed by atoms with E-state index in [2.05, 4.69) is 10.6 Å². The molecule has 0 atom stereocenters. The predicted octanol–water partition coefficient (Wildman–Crippen LogP) is 2.44. The molecule has 0 bridgehead atoms. The highest BCUT2D eigenvalue weighted by atomic mass is 32.1. The van der Waals surface area contributed by atoms with Gasteiger partial charge < -0.3 is 20.3 Å². The Bertz CT molecular complexity index is 699. The van der Waals surface area contributed by atoms with Crippen LogP contribution in [0.3, 0.4) is 0 Å². The van der Waals surface area contributed by atoms with Gasteiger partial charge in [0.1, 0.15) is 0 Å². The molecule has 1 aromatic heterocycles. The van der Waals surface area contributed by atoms with E-state index in [1.807, 2.05) is 36.5 Å². The number of hydrogen-bond acceptors (Lipinski definition) is 5. The van der Waals surface area contributed by atoms with Gasteiger partial charge in [0.25, 0.3) is 11.8 Å². The van der Waals surface area contributed by atoms with E-state index in [1.165, 1.54) is 11.3 Å². The SMILES string of the molecule is COCCNC(=O)c1cc(NC(=O)c2cccs2)ccc1N(C)C. The van der Waals surface area contributed by atoms with Crippen molar-refractivity contribution in [2.75, 3.05) is 44.6 Å². The van der Waals surface area contributed by atoms with Gasteiger partial charge >= 0.3 is 0 Å². The first-order chi connectivity index (χ1) is 11.5. The highest BCUT2D eigenvalue weighted by Crippen LogP contribution is 2.23. The summed E-state index contributed by atoms with van der Waals surface area (Å²) < 4.78 is 4.94. The number of ether oxygens (including phenoxy) is 1. The molecule has 0 aliphatic carbocycles. The second kappa shape index (κ2) is 8.47. The first-order valence-corrected chi connectivity index (χ1v) is 8.34. The Morgan fingerprint density at radius 2 is 2.00 bits per heavy atom. The molecule has 0 unspecified atom stereocenters. The van der Waals surface area contributed by atoms with Gasteiger partial charge in [-0.1, -0.05) is 6.07 Å². The maximum atomic E-state index is 12.4. The van der Waals surface area contributed by atoms with E-state index < -0.39 is 0 Å². The number of nitrogens with one attached hydrogen (secondary N) is 2. The molecule has 0 aliphatic heterocycles. The smallest absolute Gasteiger partial charge is 0.265 e. The Morgan fingerprint density at radius 3 is 2.62 bits per heavy atom. The van der Waals surface area contributed by atoms with Crippen molar-refractivity contribution in [1.82, 2.24) is 5.32 Å². The van der Waals surface area contributed by atoms with Crippen LogP contribution >= 0.6 is 11.3 Å². The van der Waals surface area contributed by atoms with Gasteiger partial charge in [0.2, 0.25) is 0 Å². The van der Waals surface area contributed by atoms with E-state index in [4.69, 9.17) is 4.74 Å². The minimum absolute atomic E-state index is 0.187. The van der Waals surface area contributed by atoms with Crippen molar-refractivity contribution in [2.45, 2.75) is 0 Å². The van der Waals surface area contributed by atoms with Crippen molar-refractivity contribution in [3.63, 3.8) is 0 Å². The molecule has 0 fully saturated rings. The quantitative estimate of drug-likeness (QED) is 0.755. The summed E-state index contributed by atoms with van der Waals surface area (Å²) in [5.74, 6) is -0.392. The highest BCUT2D eigenvalue weighted by Gasteiger charge is 2.15. The molecule has 24 heavy (non-hydrogen) atoms. The number of anilines is 2. The van der Waals surface area contributed by atoms with Crippen molar-refractivity contribution in [1.29, 1.82) is 0 Å². The van der Waals surface area contributed by atoms with Crippen LogP contribution in [0, 0.1) is 0 Å². The van der Waals surface area contributed by atoms with E-state index in [1.54, 1.807) is 25.3 Å². The third kappa shape index (κ3) is 4.56. The number of nitrogens with zero attached hydrogens (tertiary/aromatic N) is 1. The molecular formula is C17H21N3O3S. The number of amides is 2. The van der Waals surface area contributed by atoms with Gasteiger partial charge in [0.05, 0.1) is 17.0 Å². The third-order valence-electron chi connectivity index (χ3n) is 3.32. The van der Waals surface area contributed by atoms with E-state index in [-0.39, 0.29) is 11.8 Å². The van der Waals surface area contributed by atoms with Crippen molar-refractivity contribution in [3.8, 4) is 0 Å². The van der Waals surface area contributed by atoms with Crippen molar-refractivity contribution in [2.24, 2.45) is 0 Å². The molecular weight excluding hydrogens is 326 g/mol. The van der Waals surface area contributed by atoms with E-state index in [9.17, 15) is 9.59 Å². The van der Waals surface area contributed by atoms with Crippen molar-refractivity contribution < 1.29 is 14.3 Å². The number of rotatable bonds is 7. The van der Waals surface area contributed by atoms with Crippen LogP contribution in [-0.2, 0) is 4.74 Å². The van der Waals surface area contributed by atoms with E-state index in [0.717, 1.165) is 5.69 Å². The zero-order chi connectivity index (χ0) is 17.5. The first-order valence-electron chi connectivity index (χ1n) is 7.46. The molecule has 0 saturated carbocycles. The molecule has 2 aromatic rings. The number of carbonyl (C=O) groups excluding carboxylic acids is 2. The third-order valence-corrected chi connectivity index (χ3v) is 4.19. The summed E-state index contributed by atoms with van der Waals surface area (Å²) in [4.78, 5) is 27.0. The van der Waals surface area contributed by atoms with Crippen LogP contribution in [-0.4, -0.2) is 46.2 Å². The Morgan fingerprint density at radius 1 is 1.21 bits per heavy atom. The molecule has 6 nitrogen and oxygen atoms in total. The first kappa shape index (κ1) is 18.0. The summed E-state index contributed by atoms with van der Waals surface area (Å²) in [7, 11) is 5.31. The summed E-state index contributed by atoms with van der Waals surface area (Å²) in [5, 5.41) is 7.47. The number of hydrogen-bond donors (Lipinski definition) is 2. The summed E-state index contributed by atoms with van der Waals surface area (Å²) in [6.45, 7) is 0.867. The Hall–Kier alpha value is -2.38. The summed E-state index contributed by atoms with van der Waals surface area (Å²) in [6.07, 6.45) is 0. The van der Waals surface area contributed by atoms with Gasteiger partial charge in [-0.15, -0.1) is 11.3 Å². The minimum Gasteiger partial charge on any atom is -0.383 e. The summed E-state index contributed by atoms with van der Waals surface area (Å²) in [5.41, 5.74) is 1.86. The lowest BCUT2D eigenvalue weighted by molar-refractivity contribution is 0.0936. The van der Waals surface area contributed by atoms with Crippen LogP contribution in [0.4, 0.5) is 11.4 Å². The molecule has 2 amide bonds. The van der Waals surface area contributed by atoms with Gasteiger partial charge in [0, 0.05) is 39.1 Å². The van der Waals surface area contributed by atoms with Crippen LogP contribution in [0.1, 0.15) is 20.0 Å². The molecule has 128 valence electrons. The van der Waals surface area contributed by atoms with Crippen LogP contribution < -0.4 is 15.5 Å². The Kier molecular flexibility index (Phi) is 6.34. The zero-order valence-corrected chi connectivity index (χ0v) is 14.8. The largest absolute Gasteiger partial charge is 0.383 e. The highest BCUT2D eigenvalue weighted by molar-refractivity contribution is 7.12. The zero-order valence-electron chi connectivity index (χ0n) is 14.0. The normalized spacial score (nSPS) is 10.3. The number of carbonyl (C=O) groups is 2. The van der Waals surface area contributed by atoms with Crippen LogP contribution in [0.5, 0.6) is 0 Å². The standard InChI is InChI=1S/C17H21N3O3S/c1-20(2)14-7-6-12(19-17(22)15-5-4-10-24-15)11-13(14)16(21)18-8-9-23-3/h4-7,10-11H,8-9H2,1-3H3,(H,18,21)(H,19,22). The lowest BCUT2D eigenvalue weighted by atomic mass is 10.1. The molecule has 7 heteroatoms. The monoisotopic (exact) mass is 347 g/mol. The summed E-state index contributed by atoms with van der Waals surface area (Å²) >= 11 is 1.37. The van der Waals surface area contributed by atoms with Gasteiger partial charge in [-0.05, 0) is 29.6 Å². The second-order valence-corrected chi connectivity index (χ2v) is 6.25. The van der Waals surface area contributed by atoms with Gasteiger partial charge in [0.15, 0.2) is 0 Å². The fraction of sp³-hybridized carbons (Fsp3) is 0.294. The molecule has 2 N–H and O–H groups in total. The van der Waals surface area contributed by atoms with Crippen molar-refractivity contribution >= 4 is 34.5 Å².